The lowest BCUT2D eigenvalue weighted by molar-refractivity contribution is -0.163. The van der Waals surface area contributed by atoms with Gasteiger partial charge in [-0.15, -0.1) is 11.3 Å². The molecule has 0 aliphatic rings. The number of aromatic nitrogens is 1. The first-order valence-electron chi connectivity index (χ1n) is 11.4. The summed E-state index contributed by atoms with van der Waals surface area (Å²) in [6.45, 7) is 2.48. The SMILES string of the molecule is COC(=O)C(Oc1ccc(CCNC(=O)NCCC(=O)Nc2ccc3nc(C)sc3c2)cc1)C(=O)OC. The number of nitrogens with one attached hydrogen (secondary N) is 3. The van der Waals surface area contributed by atoms with E-state index in [2.05, 4.69) is 30.4 Å². The summed E-state index contributed by atoms with van der Waals surface area (Å²) < 4.78 is 15.5. The topological polar surface area (TPSA) is 145 Å². The smallest absolute Gasteiger partial charge is 0.359 e. The number of amides is 3. The van der Waals surface area contributed by atoms with Crippen LogP contribution in [0.2, 0.25) is 0 Å². The van der Waals surface area contributed by atoms with Gasteiger partial charge in [0.2, 0.25) is 5.91 Å². The first kappa shape index (κ1) is 27.4. The predicted octanol–water partition coefficient (Wildman–Crippen LogP) is 2.57. The maximum absolute atomic E-state index is 12.2. The van der Waals surface area contributed by atoms with Crippen LogP contribution in [0.15, 0.2) is 42.5 Å². The number of ether oxygens (including phenoxy) is 3. The number of carbonyl (C=O) groups excluding carboxylic acids is 4. The van der Waals surface area contributed by atoms with E-state index in [0.717, 1.165) is 35.0 Å². The molecular weight excluding hydrogens is 500 g/mol. The molecule has 0 aliphatic carbocycles. The van der Waals surface area contributed by atoms with Crippen molar-refractivity contribution in [2.24, 2.45) is 0 Å². The van der Waals surface area contributed by atoms with Crippen molar-refractivity contribution in [3.63, 3.8) is 0 Å². The summed E-state index contributed by atoms with van der Waals surface area (Å²) in [6, 6.07) is 11.9. The molecule has 0 unspecified atom stereocenters. The van der Waals surface area contributed by atoms with E-state index >= 15 is 0 Å². The Morgan fingerprint density at radius 3 is 2.30 bits per heavy atom. The van der Waals surface area contributed by atoms with Gasteiger partial charge >= 0.3 is 18.0 Å². The number of nitrogens with zero attached hydrogens (tertiary/aromatic N) is 1. The molecule has 1 heterocycles. The fraction of sp³-hybridized carbons (Fsp3) is 0.320. The molecule has 2 aromatic carbocycles. The number of aryl methyl sites for hydroxylation is 1. The molecule has 3 N–H and O–H groups in total. The Kier molecular flexibility index (Phi) is 9.78. The zero-order valence-electron chi connectivity index (χ0n) is 20.7. The van der Waals surface area contributed by atoms with Gasteiger partial charge in [0.1, 0.15) is 5.75 Å². The van der Waals surface area contributed by atoms with Crippen LogP contribution in [-0.4, -0.2) is 62.3 Å². The average Bonchev–Trinajstić information content (AvgIpc) is 3.26. The second kappa shape index (κ2) is 13.2. The van der Waals surface area contributed by atoms with Crippen LogP contribution in [0.1, 0.15) is 17.0 Å². The third kappa shape index (κ3) is 8.17. The molecule has 37 heavy (non-hydrogen) atoms. The van der Waals surface area contributed by atoms with Crippen molar-refractivity contribution in [3.8, 4) is 5.75 Å². The van der Waals surface area contributed by atoms with Crippen LogP contribution >= 0.6 is 11.3 Å². The van der Waals surface area contributed by atoms with Crippen molar-refractivity contribution in [1.29, 1.82) is 0 Å². The predicted molar refractivity (Wildman–Crippen MR) is 138 cm³/mol. The number of urea groups is 1. The first-order valence-corrected chi connectivity index (χ1v) is 12.2. The number of esters is 2. The van der Waals surface area contributed by atoms with Gasteiger partial charge in [0.25, 0.3) is 6.10 Å². The third-order valence-corrected chi connectivity index (χ3v) is 6.06. The largest absolute Gasteiger partial charge is 0.467 e. The number of benzene rings is 2. The second-order valence-electron chi connectivity index (χ2n) is 7.83. The Balaban J connectivity index is 1.35. The number of hydrogen-bond donors (Lipinski definition) is 3. The number of fused-ring (bicyclic) bond motifs is 1. The molecule has 0 aliphatic heterocycles. The highest BCUT2D eigenvalue weighted by Crippen LogP contribution is 2.24. The van der Waals surface area contributed by atoms with Crippen LogP contribution in [0.4, 0.5) is 10.5 Å². The van der Waals surface area contributed by atoms with Crippen LogP contribution in [0.5, 0.6) is 5.75 Å². The lowest BCUT2D eigenvalue weighted by Gasteiger charge is -2.15. The van der Waals surface area contributed by atoms with Crippen LogP contribution in [0.3, 0.4) is 0 Å². The van der Waals surface area contributed by atoms with Gasteiger partial charge < -0.3 is 30.2 Å². The summed E-state index contributed by atoms with van der Waals surface area (Å²) in [4.78, 5) is 52.0. The summed E-state index contributed by atoms with van der Waals surface area (Å²) in [5.74, 6) is -1.65. The standard InChI is InChI=1S/C25H28N4O7S/c1-15-28-19-9-6-17(14-20(19)37-15)29-21(30)11-13-27-25(33)26-12-10-16-4-7-18(8-5-16)36-22(23(31)34-2)24(32)35-3/h4-9,14,22H,10-13H2,1-3H3,(H,29,30)(H2,26,27,33). The number of rotatable bonds is 11. The summed E-state index contributed by atoms with van der Waals surface area (Å²) in [6.07, 6.45) is -0.850. The minimum absolute atomic E-state index is 0.132. The molecule has 3 aromatic rings. The van der Waals surface area contributed by atoms with Crippen molar-refractivity contribution in [2.45, 2.75) is 25.9 Å². The van der Waals surface area contributed by atoms with Gasteiger partial charge in [0.05, 0.1) is 29.4 Å². The molecule has 12 heteroatoms. The van der Waals surface area contributed by atoms with Crippen LogP contribution in [-0.2, 0) is 30.3 Å². The van der Waals surface area contributed by atoms with Gasteiger partial charge in [-0.05, 0) is 49.2 Å². The number of hydrogen-bond acceptors (Lipinski definition) is 9. The molecule has 11 nitrogen and oxygen atoms in total. The van der Waals surface area contributed by atoms with Crippen molar-refractivity contribution in [1.82, 2.24) is 15.6 Å². The van der Waals surface area contributed by atoms with Crippen LogP contribution < -0.4 is 20.7 Å². The van der Waals surface area contributed by atoms with E-state index < -0.39 is 18.0 Å². The summed E-state index contributed by atoms with van der Waals surface area (Å²) in [5.41, 5.74) is 2.48. The molecule has 0 spiro atoms. The third-order valence-electron chi connectivity index (χ3n) is 5.12. The van der Waals surface area contributed by atoms with E-state index in [1.54, 1.807) is 41.7 Å². The summed E-state index contributed by atoms with van der Waals surface area (Å²) in [7, 11) is 2.29. The zero-order valence-corrected chi connectivity index (χ0v) is 21.5. The van der Waals surface area contributed by atoms with E-state index in [-0.39, 0.29) is 30.7 Å². The van der Waals surface area contributed by atoms with Crippen molar-refractivity contribution in [3.05, 3.63) is 53.0 Å². The number of anilines is 1. The quantitative estimate of drug-likeness (QED) is 0.254. The number of methoxy groups -OCH3 is 2. The van der Waals surface area contributed by atoms with Gasteiger partial charge in [0, 0.05) is 25.2 Å². The van der Waals surface area contributed by atoms with Crippen LogP contribution in [0.25, 0.3) is 10.2 Å². The van der Waals surface area contributed by atoms with Crippen molar-refractivity contribution < 1.29 is 33.4 Å². The molecule has 0 radical (unpaired) electrons. The molecular formula is C25H28N4O7S. The highest BCUT2D eigenvalue weighted by atomic mass is 32.1. The normalized spacial score (nSPS) is 10.6. The highest BCUT2D eigenvalue weighted by molar-refractivity contribution is 7.18. The van der Waals surface area contributed by atoms with Crippen molar-refractivity contribution >= 4 is 51.1 Å². The Morgan fingerprint density at radius 1 is 0.946 bits per heavy atom. The van der Waals surface area contributed by atoms with Gasteiger partial charge in [-0.3, -0.25) is 4.79 Å². The zero-order chi connectivity index (χ0) is 26.8. The molecule has 196 valence electrons. The minimum Gasteiger partial charge on any atom is -0.467 e. The fourth-order valence-electron chi connectivity index (χ4n) is 3.29. The fourth-order valence-corrected chi connectivity index (χ4v) is 4.16. The molecule has 3 rings (SSSR count). The molecule has 0 bridgehead atoms. The molecule has 0 atom stereocenters. The number of carbonyl (C=O) groups is 4. The van der Waals surface area contributed by atoms with Gasteiger partial charge in [-0.25, -0.2) is 19.4 Å². The lowest BCUT2D eigenvalue weighted by atomic mass is 10.1. The van der Waals surface area contributed by atoms with E-state index in [1.165, 1.54) is 0 Å². The summed E-state index contributed by atoms with van der Waals surface area (Å²) in [5, 5.41) is 9.17. The Hall–Kier alpha value is -4.19. The Morgan fingerprint density at radius 2 is 1.62 bits per heavy atom. The average molecular weight is 529 g/mol. The maximum Gasteiger partial charge on any atom is 0.359 e. The molecule has 3 amide bonds. The van der Waals surface area contributed by atoms with E-state index in [0.29, 0.717) is 18.7 Å². The molecule has 0 saturated heterocycles. The number of thiazole rings is 1. The molecule has 1 aromatic heterocycles. The van der Waals surface area contributed by atoms with Gasteiger partial charge in [0.15, 0.2) is 0 Å². The van der Waals surface area contributed by atoms with E-state index in [1.807, 2.05) is 19.1 Å². The van der Waals surface area contributed by atoms with Crippen LogP contribution in [0, 0.1) is 6.92 Å². The van der Waals surface area contributed by atoms with E-state index in [4.69, 9.17) is 4.74 Å². The Bertz CT molecular complexity index is 1240. The highest BCUT2D eigenvalue weighted by Gasteiger charge is 2.30. The molecule has 0 fully saturated rings. The molecule has 0 saturated carbocycles. The second-order valence-corrected chi connectivity index (χ2v) is 9.07. The summed E-state index contributed by atoms with van der Waals surface area (Å²) >= 11 is 1.56. The van der Waals surface area contributed by atoms with Crippen molar-refractivity contribution in [2.75, 3.05) is 32.6 Å². The minimum atomic E-state index is -1.51. The van der Waals surface area contributed by atoms with Gasteiger partial charge in [-0.1, -0.05) is 12.1 Å². The monoisotopic (exact) mass is 528 g/mol. The van der Waals surface area contributed by atoms with Gasteiger partial charge in [-0.2, -0.15) is 0 Å². The maximum atomic E-state index is 12.2. The first-order chi connectivity index (χ1) is 17.8. The van der Waals surface area contributed by atoms with E-state index in [9.17, 15) is 19.2 Å². The lowest BCUT2D eigenvalue weighted by Crippen LogP contribution is -2.38. The Labute approximate surface area is 217 Å².